The molecule has 0 atom stereocenters. The lowest BCUT2D eigenvalue weighted by atomic mass is 9.94. The van der Waals surface area contributed by atoms with E-state index in [1.165, 1.54) is 27.8 Å². The molecule has 184 valence electrons. The van der Waals surface area contributed by atoms with E-state index in [-0.39, 0.29) is 5.92 Å². The Hall–Kier alpha value is -2.96. The van der Waals surface area contributed by atoms with Crippen LogP contribution in [-0.4, -0.2) is 29.7 Å². The number of benzene rings is 3. The number of carboxylic acid groups (broad SMARTS) is 1. The first kappa shape index (κ1) is 25.1. The van der Waals surface area contributed by atoms with Gasteiger partial charge in [-0.2, -0.15) is 11.8 Å². The summed E-state index contributed by atoms with van der Waals surface area (Å²) in [5.41, 5.74) is 7.33. The SMILES string of the molecule is CSCCCOc1ccc2c(c1)COCc1ccc(CNc3ccccc3)cc1-2.O=C(O)C1CC1. The molecular formula is C29H33NO4S. The maximum atomic E-state index is 9.76. The van der Waals surface area contributed by atoms with Gasteiger partial charge in [-0.05, 0) is 89.4 Å². The van der Waals surface area contributed by atoms with Crippen LogP contribution in [0.25, 0.3) is 11.1 Å². The van der Waals surface area contributed by atoms with Crippen molar-refractivity contribution in [1.82, 2.24) is 0 Å². The van der Waals surface area contributed by atoms with Crippen LogP contribution in [0.15, 0.2) is 66.7 Å². The molecule has 1 aliphatic carbocycles. The van der Waals surface area contributed by atoms with E-state index >= 15 is 0 Å². The van der Waals surface area contributed by atoms with Crippen molar-refractivity contribution in [2.45, 2.75) is 39.0 Å². The number of hydrogen-bond donors (Lipinski definition) is 2. The fourth-order valence-corrected chi connectivity index (χ4v) is 4.31. The summed E-state index contributed by atoms with van der Waals surface area (Å²) in [7, 11) is 0. The van der Waals surface area contributed by atoms with Crippen molar-refractivity contribution in [3.8, 4) is 16.9 Å². The number of para-hydroxylation sites is 1. The van der Waals surface area contributed by atoms with Crippen molar-refractivity contribution >= 4 is 23.4 Å². The standard InChI is InChI=1S/C25H27NO2S.C4H6O2/c1-29-13-5-12-28-23-10-11-24-21(15-23)18-27-17-20-9-8-19(14-25(20)24)16-26-22-6-3-2-4-7-22;5-4(6)3-1-2-3/h2-4,6-11,14-15,26H,5,12-13,16-18H2,1H3;3H,1-2H2,(H,5,6). The van der Waals surface area contributed by atoms with Gasteiger partial charge in [-0.15, -0.1) is 0 Å². The smallest absolute Gasteiger partial charge is 0.306 e. The largest absolute Gasteiger partial charge is 0.494 e. The summed E-state index contributed by atoms with van der Waals surface area (Å²) < 4.78 is 11.9. The minimum absolute atomic E-state index is 0.0185. The Bertz CT molecular complexity index is 1110. The van der Waals surface area contributed by atoms with Crippen LogP contribution >= 0.6 is 11.8 Å². The first-order chi connectivity index (χ1) is 17.1. The molecule has 0 saturated heterocycles. The fraction of sp³-hybridized carbons (Fsp3) is 0.345. The normalized spacial score (nSPS) is 14.0. The summed E-state index contributed by atoms with van der Waals surface area (Å²) in [5, 5.41) is 11.6. The maximum Gasteiger partial charge on any atom is 0.306 e. The van der Waals surface area contributed by atoms with Gasteiger partial charge >= 0.3 is 5.97 Å². The van der Waals surface area contributed by atoms with Gasteiger partial charge in [0.15, 0.2) is 0 Å². The summed E-state index contributed by atoms with van der Waals surface area (Å²) in [5.74, 6) is 1.44. The molecule has 2 N–H and O–H groups in total. The molecule has 2 aliphatic rings. The van der Waals surface area contributed by atoms with Gasteiger partial charge in [0.25, 0.3) is 0 Å². The first-order valence-corrected chi connectivity index (χ1v) is 13.5. The number of thioether (sulfide) groups is 1. The fourth-order valence-electron chi connectivity index (χ4n) is 3.91. The van der Waals surface area contributed by atoms with Gasteiger partial charge in [-0.3, -0.25) is 4.79 Å². The quantitative estimate of drug-likeness (QED) is 0.328. The Kier molecular flexibility index (Phi) is 9.09. The number of hydrogen-bond acceptors (Lipinski definition) is 5. The summed E-state index contributed by atoms with van der Waals surface area (Å²) in [6, 6.07) is 23.4. The summed E-state index contributed by atoms with van der Waals surface area (Å²) >= 11 is 1.85. The number of aliphatic carboxylic acids is 1. The van der Waals surface area contributed by atoms with Crippen LogP contribution < -0.4 is 10.1 Å². The van der Waals surface area contributed by atoms with Crippen molar-refractivity contribution in [1.29, 1.82) is 0 Å². The molecule has 6 heteroatoms. The van der Waals surface area contributed by atoms with E-state index in [1.54, 1.807) is 0 Å². The van der Waals surface area contributed by atoms with Gasteiger partial charge in [0.2, 0.25) is 0 Å². The highest BCUT2D eigenvalue weighted by Gasteiger charge is 2.28. The summed E-state index contributed by atoms with van der Waals surface area (Å²) in [6.45, 7) is 2.81. The third-order valence-electron chi connectivity index (χ3n) is 6.01. The Morgan fingerprint density at radius 3 is 2.54 bits per heavy atom. The molecule has 35 heavy (non-hydrogen) atoms. The van der Waals surface area contributed by atoms with E-state index in [9.17, 15) is 4.79 Å². The van der Waals surface area contributed by atoms with Gasteiger partial charge < -0.3 is 19.9 Å². The van der Waals surface area contributed by atoms with Crippen molar-refractivity contribution in [3.63, 3.8) is 0 Å². The van der Waals surface area contributed by atoms with Crippen LogP contribution in [0.2, 0.25) is 0 Å². The molecule has 0 amide bonds. The summed E-state index contributed by atoms with van der Waals surface area (Å²) in [4.78, 5) is 9.76. The highest BCUT2D eigenvalue weighted by Crippen LogP contribution is 2.34. The number of fused-ring (bicyclic) bond motifs is 3. The zero-order valence-corrected chi connectivity index (χ0v) is 21.0. The van der Waals surface area contributed by atoms with E-state index < -0.39 is 5.97 Å². The molecule has 0 radical (unpaired) electrons. The van der Waals surface area contributed by atoms with Crippen LogP contribution in [0.3, 0.4) is 0 Å². The van der Waals surface area contributed by atoms with Crippen molar-refractivity contribution < 1.29 is 19.4 Å². The molecule has 5 rings (SSSR count). The molecule has 0 aromatic heterocycles. The molecule has 3 aromatic carbocycles. The number of nitrogens with one attached hydrogen (secondary N) is 1. The molecule has 0 unspecified atom stereocenters. The van der Waals surface area contributed by atoms with Crippen LogP contribution in [0.4, 0.5) is 5.69 Å². The van der Waals surface area contributed by atoms with E-state index in [0.717, 1.165) is 49.6 Å². The predicted molar refractivity (Wildman–Crippen MR) is 143 cm³/mol. The van der Waals surface area contributed by atoms with Crippen LogP contribution in [0, 0.1) is 5.92 Å². The van der Waals surface area contributed by atoms with Crippen LogP contribution in [0.5, 0.6) is 5.75 Å². The molecule has 3 aromatic rings. The average Bonchev–Trinajstić information content (AvgIpc) is 3.74. The molecular weight excluding hydrogens is 458 g/mol. The highest BCUT2D eigenvalue weighted by molar-refractivity contribution is 7.98. The predicted octanol–water partition coefficient (Wildman–Crippen LogP) is 6.61. The Morgan fingerprint density at radius 2 is 1.83 bits per heavy atom. The minimum Gasteiger partial charge on any atom is -0.494 e. The number of carboxylic acids is 1. The van der Waals surface area contributed by atoms with Crippen molar-refractivity contribution in [3.05, 3.63) is 83.4 Å². The van der Waals surface area contributed by atoms with Crippen molar-refractivity contribution in [2.75, 3.05) is 23.9 Å². The van der Waals surface area contributed by atoms with E-state index in [1.807, 2.05) is 30.0 Å². The van der Waals surface area contributed by atoms with Crippen LogP contribution in [0.1, 0.15) is 36.0 Å². The number of anilines is 1. The number of ether oxygens (including phenoxy) is 2. The average molecular weight is 492 g/mol. The van der Waals surface area contributed by atoms with Gasteiger partial charge in [0.05, 0.1) is 25.7 Å². The topological polar surface area (TPSA) is 67.8 Å². The lowest BCUT2D eigenvalue weighted by molar-refractivity contribution is -0.138. The number of carbonyl (C=O) groups is 1. The second-order valence-electron chi connectivity index (χ2n) is 8.83. The molecule has 1 heterocycles. The van der Waals surface area contributed by atoms with Crippen molar-refractivity contribution in [2.24, 2.45) is 5.92 Å². The zero-order valence-electron chi connectivity index (χ0n) is 20.2. The van der Waals surface area contributed by atoms with Crippen LogP contribution in [-0.2, 0) is 29.3 Å². The lowest BCUT2D eigenvalue weighted by Gasteiger charge is -2.13. The monoisotopic (exact) mass is 491 g/mol. The Morgan fingerprint density at radius 1 is 1.03 bits per heavy atom. The molecule has 0 bridgehead atoms. The maximum absolute atomic E-state index is 9.76. The highest BCUT2D eigenvalue weighted by atomic mass is 32.2. The summed E-state index contributed by atoms with van der Waals surface area (Å²) in [6.07, 6.45) is 4.99. The minimum atomic E-state index is -0.630. The second kappa shape index (κ2) is 12.7. The third kappa shape index (κ3) is 7.51. The van der Waals surface area contributed by atoms with E-state index in [0.29, 0.717) is 13.2 Å². The second-order valence-corrected chi connectivity index (χ2v) is 9.82. The van der Waals surface area contributed by atoms with E-state index in [2.05, 4.69) is 60.1 Å². The van der Waals surface area contributed by atoms with Gasteiger partial charge in [-0.25, -0.2) is 0 Å². The number of rotatable bonds is 9. The Labute approximate surface area is 211 Å². The third-order valence-corrected chi connectivity index (χ3v) is 6.71. The van der Waals surface area contributed by atoms with Gasteiger partial charge in [0.1, 0.15) is 5.75 Å². The molecule has 1 aliphatic heterocycles. The van der Waals surface area contributed by atoms with Gasteiger partial charge in [0, 0.05) is 12.2 Å². The molecule has 0 spiro atoms. The zero-order chi connectivity index (χ0) is 24.5. The molecule has 1 fully saturated rings. The molecule has 1 saturated carbocycles. The Balaban J connectivity index is 0.000000421. The van der Waals surface area contributed by atoms with E-state index in [4.69, 9.17) is 14.6 Å². The lowest BCUT2D eigenvalue weighted by Crippen LogP contribution is -2.01. The first-order valence-electron chi connectivity index (χ1n) is 12.1. The molecule has 5 nitrogen and oxygen atoms in total. The van der Waals surface area contributed by atoms with Gasteiger partial charge in [-0.1, -0.05) is 36.4 Å².